The van der Waals surface area contributed by atoms with Gasteiger partial charge >= 0.3 is 5.97 Å². The molecule has 0 aliphatic heterocycles. The molecule has 0 radical (unpaired) electrons. The lowest BCUT2D eigenvalue weighted by atomic mass is 10.0. The molecule has 0 aromatic rings. The molecule has 1 amide bonds. The zero-order valence-electron chi connectivity index (χ0n) is 45.6. The minimum Gasteiger partial charge on any atom is -0.462 e. The molecule has 70 heavy (non-hydrogen) atoms. The quantitative estimate of drug-likeness (QED) is 0.0321. The number of hydrogen-bond donors (Lipinski definition) is 3. The van der Waals surface area contributed by atoms with Crippen LogP contribution in [0.25, 0.3) is 0 Å². The first-order valence-electron chi connectivity index (χ1n) is 29.1. The van der Waals surface area contributed by atoms with Crippen LogP contribution < -0.4 is 5.32 Å². The van der Waals surface area contributed by atoms with E-state index in [4.69, 9.17) is 4.74 Å². The monoisotopic (exact) mass is 972 g/mol. The molecule has 0 spiro atoms. The molecule has 0 bridgehead atoms. The van der Waals surface area contributed by atoms with Crippen LogP contribution in [0.1, 0.15) is 258 Å². The fourth-order valence-corrected chi connectivity index (χ4v) is 8.22. The molecule has 6 heteroatoms. The third-order valence-electron chi connectivity index (χ3n) is 12.6. The maximum absolute atomic E-state index is 13.3. The van der Waals surface area contributed by atoms with Gasteiger partial charge in [-0.15, -0.1) is 0 Å². The highest BCUT2D eigenvalue weighted by molar-refractivity contribution is 5.77. The number of rotatable bonds is 51. The normalized spacial score (nSPS) is 14.0. The molecule has 0 rings (SSSR count). The van der Waals surface area contributed by atoms with Crippen molar-refractivity contribution in [2.45, 2.75) is 277 Å². The van der Waals surface area contributed by atoms with Crippen molar-refractivity contribution in [3.63, 3.8) is 0 Å². The highest BCUT2D eigenvalue weighted by Crippen LogP contribution is 2.17. The van der Waals surface area contributed by atoms with Crippen LogP contribution in [-0.2, 0) is 14.3 Å². The molecule has 3 N–H and O–H groups in total. The predicted molar refractivity (Wildman–Crippen MR) is 305 cm³/mol. The van der Waals surface area contributed by atoms with Gasteiger partial charge in [-0.1, -0.05) is 252 Å². The number of allylic oxidation sites excluding steroid dienone is 18. The van der Waals surface area contributed by atoms with Gasteiger partial charge in [-0.2, -0.15) is 0 Å². The Hall–Kier alpha value is -3.48. The van der Waals surface area contributed by atoms with Gasteiger partial charge in [0.05, 0.1) is 25.2 Å². The van der Waals surface area contributed by atoms with E-state index in [9.17, 15) is 19.8 Å². The van der Waals surface area contributed by atoms with Crippen molar-refractivity contribution in [1.82, 2.24) is 5.32 Å². The lowest BCUT2D eigenvalue weighted by Gasteiger charge is -2.24. The maximum Gasteiger partial charge on any atom is 0.306 e. The van der Waals surface area contributed by atoms with Crippen molar-refractivity contribution in [3.05, 3.63) is 109 Å². The first-order chi connectivity index (χ1) is 34.5. The Morgan fingerprint density at radius 3 is 1.20 bits per heavy atom. The Balaban J connectivity index is 4.74. The second kappa shape index (κ2) is 56.4. The Labute approximate surface area is 432 Å². The summed E-state index contributed by atoms with van der Waals surface area (Å²) in [6, 6.07) is -0.739. The van der Waals surface area contributed by atoms with E-state index in [1.54, 1.807) is 0 Å². The lowest BCUT2D eigenvalue weighted by Crippen LogP contribution is -2.46. The summed E-state index contributed by atoms with van der Waals surface area (Å²) in [6.45, 7) is 6.33. The van der Waals surface area contributed by atoms with Crippen molar-refractivity contribution in [1.29, 1.82) is 0 Å². The highest BCUT2D eigenvalue weighted by atomic mass is 16.5. The van der Waals surface area contributed by atoms with Crippen LogP contribution in [-0.4, -0.2) is 46.9 Å². The van der Waals surface area contributed by atoms with Crippen LogP contribution in [0, 0.1) is 0 Å². The number of carbonyl (C=O) groups excluding carboxylic acids is 2. The number of amides is 1. The van der Waals surface area contributed by atoms with E-state index in [1.807, 2.05) is 0 Å². The molecule has 0 aromatic heterocycles. The molecule has 0 aromatic carbocycles. The number of carbonyl (C=O) groups is 2. The molecule has 0 saturated heterocycles. The summed E-state index contributed by atoms with van der Waals surface area (Å²) in [5, 5.41) is 23.9. The molecule has 3 unspecified atom stereocenters. The van der Waals surface area contributed by atoms with E-state index < -0.39 is 18.2 Å². The second-order valence-corrected chi connectivity index (χ2v) is 19.3. The molecule has 0 saturated carbocycles. The first-order valence-corrected chi connectivity index (χ1v) is 29.1. The van der Waals surface area contributed by atoms with Crippen molar-refractivity contribution in [2.75, 3.05) is 6.61 Å². The predicted octanol–water partition coefficient (Wildman–Crippen LogP) is 18.2. The van der Waals surface area contributed by atoms with Crippen LogP contribution in [0.15, 0.2) is 109 Å². The molecule has 6 nitrogen and oxygen atoms in total. The zero-order valence-corrected chi connectivity index (χ0v) is 45.6. The van der Waals surface area contributed by atoms with Crippen LogP contribution >= 0.6 is 0 Å². The molecule has 0 heterocycles. The van der Waals surface area contributed by atoms with Gasteiger partial charge in [-0.25, -0.2) is 0 Å². The molecule has 400 valence electrons. The minimum absolute atomic E-state index is 0.0114. The number of hydrogen-bond acceptors (Lipinski definition) is 5. The van der Waals surface area contributed by atoms with Gasteiger partial charge in [0.15, 0.2) is 0 Å². The molecular weight excluding hydrogens is 863 g/mol. The number of ether oxygens (including phenoxy) is 1. The van der Waals surface area contributed by atoms with E-state index in [1.165, 1.54) is 116 Å². The Bertz CT molecular complexity index is 1420. The van der Waals surface area contributed by atoms with Crippen LogP contribution in [0.5, 0.6) is 0 Å². The molecule has 0 fully saturated rings. The van der Waals surface area contributed by atoms with E-state index in [0.29, 0.717) is 25.7 Å². The van der Waals surface area contributed by atoms with Crippen molar-refractivity contribution in [2.24, 2.45) is 0 Å². The Kier molecular flexibility index (Phi) is 53.6. The maximum atomic E-state index is 13.3. The van der Waals surface area contributed by atoms with Gasteiger partial charge in [-0.3, -0.25) is 9.59 Å². The summed E-state index contributed by atoms with van der Waals surface area (Å²) >= 11 is 0. The summed E-state index contributed by atoms with van der Waals surface area (Å²) in [4.78, 5) is 26.3. The fraction of sp³-hybridized carbons (Fsp3) is 0.688. The van der Waals surface area contributed by atoms with Crippen LogP contribution in [0.2, 0.25) is 0 Å². The highest BCUT2D eigenvalue weighted by Gasteiger charge is 2.24. The molecule has 0 aliphatic rings. The number of aliphatic hydroxyl groups excluding tert-OH is 2. The molecule has 0 aliphatic carbocycles. The average Bonchev–Trinajstić information content (AvgIpc) is 3.35. The van der Waals surface area contributed by atoms with Crippen molar-refractivity contribution < 1.29 is 24.5 Å². The third-order valence-corrected chi connectivity index (χ3v) is 12.6. The Morgan fingerprint density at radius 1 is 0.429 bits per heavy atom. The standard InChI is InChI=1S/C64H109NO5/c1-4-7-10-13-16-19-22-25-28-31-34-37-40-43-46-49-52-55-60(70-64(69)57-54-51-48-45-42-39-36-33-30-27-24-21-18-15-12-9-6-3)58-63(68)65-61(59-66)62(67)56-53-50-47-44-41-38-35-32-29-26-23-20-17-14-11-8-5-2/h9,12,16,18-19,21,25,27-28,30,34,36-37,39,43,45-46,48,60-62,66-67H,4-8,10-11,13-15,17,20,22-24,26,29,31-33,35,38,40-42,44,47,49-59H2,1-3H3,(H,65,68)/b12-9-,19-16-,21-18-,28-25-,30-27-,37-34-,39-36-,46-43-,48-45-. The number of esters is 1. The first kappa shape index (κ1) is 66.5. The summed E-state index contributed by atoms with van der Waals surface area (Å²) < 4.78 is 5.90. The van der Waals surface area contributed by atoms with Gasteiger partial charge < -0.3 is 20.3 Å². The molecular formula is C64H109NO5. The SMILES string of the molecule is CC/C=C\C/C=C\C/C=C\C/C=C\C/C=C\CCCC(=O)OC(CCC/C=C\C/C=C\C/C=C\C/C=C\CCCCC)CC(=O)NC(CO)C(O)CCCCCCCCCCCCCCCCCCC. The van der Waals surface area contributed by atoms with Gasteiger partial charge in [0.2, 0.25) is 5.91 Å². The van der Waals surface area contributed by atoms with E-state index >= 15 is 0 Å². The van der Waals surface area contributed by atoms with Gasteiger partial charge in [0.25, 0.3) is 0 Å². The summed E-state index contributed by atoms with van der Waals surface area (Å²) in [5.74, 6) is -0.602. The van der Waals surface area contributed by atoms with E-state index in [0.717, 1.165) is 89.9 Å². The average molecular weight is 973 g/mol. The summed E-state index contributed by atoms with van der Waals surface area (Å²) in [6.07, 6.45) is 77.3. The van der Waals surface area contributed by atoms with E-state index in [2.05, 4.69) is 135 Å². The number of unbranched alkanes of at least 4 members (excludes halogenated alkanes) is 21. The number of nitrogens with one attached hydrogen (secondary N) is 1. The zero-order chi connectivity index (χ0) is 50.9. The third kappa shape index (κ3) is 50.9. The van der Waals surface area contributed by atoms with Crippen molar-refractivity contribution in [3.8, 4) is 0 Å². The van der Waals surface area contributed by atoms with Crippen LogP contribution in [0.4, 0.5) is 0 Å². The van der Waals surface area contributed by atoms with Gasteiger partial charge in [0.1, 0.15) is 6.10 Å². The van der Waals surface area contributed by atoms with Crippen molar-refractivity contribution >= 4 is 11.9 Å². The van der Waals surface area contributed by atoms with Gasteiger partial charge in [-0.05, 0) is 103 Å². The summed E-state index contributed by atoms with van der Waals surface area (Å²) in [7, 11) is 0. The minimum atomic E-state index is -0.820. The molecule has 3 atom stereocenters. The topological polar surface area (TPSA) is 95.9 Å². The largest absolute Gasteiger partial charge is 0.462 e. The second-order valence-electron chi connectivity index (χ2n) is 19.3. The number of aliphatic hydroxyl groups is 2. The van der Waals surface area contributed by atoms with E-state index in [-0.39, 0.29) is 24.9 Å². The smallest absolute Gasteiger partial charge is 0.306 e. The lowest BCUT2D eigenvalue weighted by molar-refractivity contribution is -0.151. The van der Waals surface area contributed by atoms with Gasteiger partial charge in [0, 0.05) is 6.42 Å². The summed E-state index contributed by atoms with van der Waals surface area (Å²) in [5.41, 5.74) is 0. The fourth-order valence-electron chi connectivity index (χ4n) is 8.22. The van der Waals surface area contributed by atoms with Crippen LogP contribution in [0.3, 0.4) is 0 Å². The Morgan fingerprint density at radius 2 is 0.786 bits per heavy atom.